The first-order valence-corrected chi connectivity index (χ1v) is 5.01. The Kier molecular flexibility index (Phi) is 4.61. The molecule has 7 nitrogen and oxygen atoms in total. The zero-order valence-electron chi connectivity index (χ0n) is 10.3. The van der Waals surface area contributed by atoms with Crippen LogP contribution in [0.25, 0.3) is 0 Å². The molecular weight excluding hydrogens is 242 g/mol. The van der Waals surface area contributed by atoms with Gasteiger partial charge in [0, 0.05) is 12.7 Å². The molecule has 98 valence electrons. The Morgan fingerprint density at radius 1 is 1.39 bits per heavy atom. The van der Waals surface area contributed by atoms with Gasteiger partial charge in [-0.15, -0.1) is 0 Å². The van der Waals surface area contributed by atoms with Gasteiger partial charge >= 0.3 is 11.7 Å². The number of methoxy groups -OCH3 is 2. The predicted molar refractivity (Wildman–Crippen MR) is 61.7 cm³/mol. The molecule has 0 aliphatic heterocycles. The van der Waals surface area contributed by atoms with Crippen LogP contribution in [0.15, 0.2) is 12.1 Å². The molecule has 0 heterocycles. The third kappa shape index (κ3) is 2.75. The number of nitro benzene ring substituents is 1. The quantitative estimate of drug-likeness (QED) is 0.344. The molecule has 18 heavy (non-hydrogen) atoms. The lowest BCUT2D eigenvalue weighted by molar-refractivity contribution is -0.386. The lowest BCUT2D eigenvalue weighted by Gasteiger charge is -2.09. The van der Waals surface area contributed by atoms with E-state index in [0.717, 1.165) is 0 Å². The first-order chi connectivity index (χ1) is 8.52. The summed E-state index contributed by atoms with van der Waals surface area (Å²) >= 11 is 0. The van der Waals surface area contributed by atoms with Gasteiger partial charge in [-0.3, -0.25) is 10.1 Å². The molecule has 0 aliphatic rings. The van der Waals surface area contributed by atoms with Crippen LogP contribution in [0.4, 0.5) is 5.69 Å². The molecule has 0 spiro atoms. The Morgan fingerprint density at radius 2 is 2.06 bits per heavy atom. The molecular formula is C11H13NO6. The first-order valence-electron chi connectivity index (χ1n) is 5.01. The zero-order chi connectivity index (χ0) is 13.7. The number of rotatable bonds is 5. The average molecular weight is 255 g/mol. The number of ether oxygens (including phenoxy) is 3. The highest BCUT2D eigenvalue weighted by atomic mass is 16.7. The van der Waals surface area contributed by atoms with Crippen LogP contribution in [0.1, 0.15) is 15.9 Å². The van der Waals surface area contributed by atoms with Crippen LogP contribution >= 0.6 is 0 Å². The Morgan fingerprint density at radius 3 is 2.56 bits per heavy atom. The van der Waals surface area contributed by atoms with Gasteiger partial charge in [0.05, 0.1) is 17.6 Å². The van der Waals surface area contributed by atoms with Crippen LogP contribution < -0.4 is 4.74 Å². The highest BCUT2D eigenvalue weighted by Gasteiger charge is 2.24. The molecule has 7 heteroatoms. The van der Waals surface area contributed by atoms with Crippen molar-refractivity contribution in [3.05, 3.63) is 33.4 Å². The Labute approximate surface area is 103 Å². The van der Waals surface area contributed by atoms with Crippen molar-refractivity contribution in [2.24, 2.45) is 0 Å². The molecule has 0 aliphatic carbocycles. The summed E-state index contributed by atoms with van der Waals surface area (Å²) in [6, 6.07) is 2.76. The third-order valence-electron chi connectivity index (χ3n) is 2.31. The molecule has 0 atom stereocenters. The Bertz CT molecular complexity index is 471. The first kappa shape index (κ1) is 13.9. The van der Waals surface area contributed by atoms with Gasteiger partial charge in [-0.1, -0.05) is 0 Å². The summed E-state index contributed by atoms with van der Waals surface area (Å²) in [5.41, 5.74) is 0.0596. The lowest BCUT2D eigenvalue weighted by atomic mass is 10.1. The molecule has 0 amide bonds. The van der Waals surface area contributed by atoms with Gasteiger partial charge < -0.3 is 14.2 Å². The SMILES string of the molecule is COCOc1ccc(C(=O)OC)c(C)c1[N+](=O)[O-]. The molecule has 0 N–H and O–H groups in total. The number of nitrogens with zero attached hydrogens (tertiary/aromatic N) is 1. The van der Waals surface area contributed by atoms with Gasteiger partial charge in [0.25, 0.3) is 0 Å². The van der Waals surface area contributed by atoms with Crippen molar-refractivity contribution in [2.45, 2.75) is 6.92 Å². The van der Waals surface area contributed by atoms with Crippen LogP contribution in [0, 0.1) is 17.0 Å². The second kappa shape index (κ2) is 5.97. The number of carbonyl (C=O) groups excluding carboxylic acids is 1. The van der Waals surface area contributed by atoms with Crippen molar-refractivity contribution < 1.29 is 23.9 Å². The zero-order valence-corrected chi connectivity index (χ0v) is 10.3. The standard InChI is InChI=1S/C11H13NO6/c1-7-8(11(13)17-3)4-5-9(18-6-16-2)10(7)12(14)15/h4-5H,6H2,1-3H3. The smallest absolute Gasteiger partial charge is 0.338 e. The Balaban J connectivity index is 3.28. The van der Waals surface area contributed by atoms with E-state index < -0.39 is 10.9 Å². The summed E-state index contributed by atoms with van der Waals surface area (Å²) in [7, 11) is 2.62. The normalized spacial score (nSPS) is 9.94. The van der Waals surface area contributed by atoms with E-state index in [4.69, 9.17) is 4.74 Å². The fourth-order valence-corrected chi connectivity index (χ4v) is 1.47. The van der Waals surface area contributed by atoms with Crippen LogP contribution in [0.3, 0.4) is 0 Å². The van der Waals surface area contributed by atoms with Gasteiger partial charge in [0.15, 0.2) is 12.5 Å². The number of hydrogen-bond donors (Lipinski definition) is 0. The van der Waals surface area contributed by atoms with E-state index in [-0.39, 0.29) is 29.4 Å². The number of esters is 1. The summed E-state index contributed by atoms with van der Waals surface area (Å²) in [6.07, 6.45) is 0. The van der Waals surface area contributed by atoms with Crippen LogP contribution in [-0.2, 0) is 9.47 Å². The molecule has 0 saturated carbocycles. The molecule has 0 unspecified atom stereocenters. The lowest BCUT2D eigenvalue weighted by Crippen LogP contribution is -2.08. The van der Waals surface area contributed by atoms with Crippen molar-refractivity contribution in [2.75, 3.05) is 21.0 Å². The van der Waals surface area contributed by atoms with Crippen molar-refractivity contribution in [3.8, 4) is 5.75 Å². The van der Waals surface area contributed by atoms with E-state index in [1.807, 2.05) is 0 Å². The average Bonchev–Trinajstić information content (AvgIpc) is 2.34. The number of benzene rings is 1. The summed E-state index contributed by atoms with van der Waals surface area (Å²) in [5, 5.41) is 11.0. The minimum Gasteiger partial charge on any atom is -0.465 e. The van der Waals surface area contributed by atoms with E-state index in [9.17, 15) is 14.9 Å². The minimum absolute atomic E-state index is 0.0482. The van der Waals surface area contributed by atoms with E-state index in [1.165, 1.54) is 33.3 Å². The van der Waals surface area contributed by atoms with Gasteiger partial charge in [0.1, 0.15) is 0 Å². The fourth-order valence-electron chi connectivity index (χ4n) is 1.47. The van der Waals surface area contributed by atoms with Crippen LogP contribution in [0.2, 0.25) is 0 Å². The minimum atomic E-state index is -0.631. The molecule has 0 fully saturated rings. The second-order valence-electron chi connectivity index (χ2n) is 3.38. The highest BCUT2D eigenvalue weighted by Crippen LogP contribution is 2.33. The van der Waals surface area contributed by atoms with Crippen LogP contribution in [-0.4, -0.2) is 31.9 Å². The second-order valence-corrected chi connectivity index (χ2v) is 3.38. The van der Waals surface area contributed by atoms with Gasteiger partial charge in [-0.05, 0) is 19.1 Å². The van der Waals surface area contributed by atoms with E-state index in [1.54, 1.807) is 0 Å². The topological polar surface area (TPSA) is 87.9 Å². The van der Waals surface area contributed by atoms with Gasteiger partial charge in [0.2, 0.25) is 0 Å². The molecule has 0 saturated heterocycles. The molecule has 0 aromatic heterocycles. The maximum Gasteiger partial charge on any atom is 0.338 e. The maximum absolute atomic E-state index is 11.4. The number of nitro groups is 1. The summed E-state index contributed by atoms with van der Waals surface area (Å²) in [5.74, 6) is -0.583. The van der Waals surface area contributed by atoms with E-state index in [0.29, 0.717) is 0 Å². The monoisotopic (exact) mass is 255 g/mol. The number of carbonyl (C=O) groups is 1. The molecule has 0 bridgehead atoms. The molecule has 1 rings (SSSR count). The van der Waals surface area contributed by atoms with Crippen molar-refractivity contribution in [1.29, 1.82) is 0 Å². The van der Waals surface area contributed by atoms with Gasteiger partial charge in [-0.25, -0.2) is 4.79 Å². The van der Waals surface area contributed by atoms with Crippen molar-refractivity contribution in [3.63, 3.8) is 0 Å². The molecule has 1 aromatic rings. The largest absolute Gasteiger partial charge is 0.465 e. The molecule has 1 aromatic carbocycles. The third-order valence-corrected chi connectivity index (χ3v) is 2.31. The van der Waals surface area contributed by atoms with E-state index in [2.05, 4.69) is 9.47 Å². The maximum atomic E-state index is 11.4. The van der Waals surface area contributed by atoms with Crippen molar-refractivity contribution >= 4 is 11.7 Å². The van der Waals surface area contributed by atoms with Gasteiger partial charge in [-0.2, -0.15) is 0 Å². The Hall–Kier alpha value is -2.15. The highest BCUT2D eigenvalue weighted by molar-refractivity contribution is 5.92. The summed E-state index contributed by atoms with van der Waals surface area (Å²) < 4.78 is 14.3. The van der Waals surface area contributed by atoms with Crippen molar-refractivity contribution in [1.82, 2.24) is 0 Å². The predicted octanol–water partition coefficient (Wildman–Crippen LogP) is 1.67. The summed E-state index contributed by atoms with van der Waals surface area (Å²) in [4.78, 5) is 21.8. The molecule has 0 radical (unpaired) electrons. The van der Waals surface area contributed by atoms with E-state index >= 15 is 0 Å². The van der Waals surface area contributed by atoms with Crippen LogP contribution in [0.5, 0.6) is 5.75 Å². The number of hydrogen-bond acceptors (Lipinski definition) is 6. The summed E-state index contributed by atoms with van der Waals surface area (Å²) in [6.45, 7) is 1.35. The fraction of sp³-hybridized carbons (Fsp3) is 0.364.